The molecule has 0 aliphatic heterocycles. The maximum Gasteiger partial charge on any atom is 0.306 e. The zero-order chi connectivity index (χ0) is 16.7. The quantitative estimate of drug-likeness (QED) is 0.822. The van der Waals surface area contributed by atoms with Crippen LogP contribution in [0.5, 0.6) is 5.75 Å². The van der Waals surface area contributed by atoms with E-state index in [2.05, 4.69) is 5.32 Å². The predicted molar refractivity (Wildman–Crippen MR) is 88.0 cm³/mol. The molecule has 23 heavy (non-hydrogen) atoms. The summed E-state index contributed by atoms with van der Waals surface area (Å²) in [4.78, 5) is 22.7. The molecule has 0 saturated carbocycles. The fourth-order valence-corrected chi connectivity index (χ4v) is 2.10. The Hall–Kier alpha value is -2.82. The Morgan fingerprint density at radius 2 is 1.78 bits per heavy atom. The van der Waals surface area contributed by atoms with Crippen molar-refractivity contribution in [2.45, 2.75) is 19.8 Å². The van der Waals surface area contributed by atoms with Crippen LogP contribution in [0.25, 0.3) is 0 Å². The van der Waals surface area contributed by atoms with Gasteiger partial charge in [-0.05, 0) is 42.3 Å². The van der Waals surface area contributed by atoms with E-state index in [1.165, 1.54) is 0 Å². The molecule has 1 amide bonds. The van der Waals surface area contributed by atoms with E-state index in [0.29, 0.717) is 11.3 Å². The van der Waals surface area contributed by atoms with Crippen molar-refractivity contribution in [1.29, 1.82) is 0 Å². The number of ether oxygens (including phenoxy) is 1. The maximum atomic E-state index is 12.3. The number of para-hydroxylation sites is 1. The van der Waals surface area contributed by atoms with Crippen molar-refractivity contribution in [2.75, 3.05) is 11.9 Å². The van der Waals surface area contributed by atoms with E-state index < -0.39 is 5.97 Å². The lowest BCUT2D eigenvalue weighted by Crippen LogP contribution is -2.13. The first-order valence-corrected chi connectivity index (χ1v) is 7.44. The molecule has 0 heterocycles. The number of hydrogen-bond donors (Lipinski definition) is 2. The van der Waals surface area contributed by atoms with Crippen LogP contribution in [-0.4, -0.2) is 23.6 Å². The molecule has 2 N–H and O–H groups in total. The highest BCUT2D eigenvalue weighted by molar-refractivity contribution is 6.04. The van der Waals surface area contributed by atoms with Gasteiger partial charge in [-0.2, -0.15) is 0 Å². The molecule has 2 rings (SSSR count). The zero-order valence-electron chi connectivity index (χ0n) is 12.9. The van der Waals surface area contributed by atoms with Crippen molar-refractivity contribution in [2.24, 2.45) is 0 Å². The number of carboxylic acids is 1. The number of nitrogens with one attached hydrogen (secondary N) is 1. The number of carbonyl (C=O) groups is 2. The van der Waals surface area contributed by atoms with Crippen molar-refractivity contribution >= 4 is 17.6 Å². The Labute approximate surface area is 134 Å². The molecule has 0 radical (unpaired) electrons. The molecule has 120 valence electrons. The van der Waals surface area contributed by atoms with Crippen LogP contribution < -0.4 is 10.1 Å². The first-order chi connectivity index (χ1) is 11.1. The van der Waals surface area contributed by atoms with Crippen LogP contribution in [0.3, 0.4) is 0 Å². The monoisotopic (exact) mass is 313 g/mol. The minimum Gasteiger partial charge on any atom is -0.493 e. The maximum absolute atomic E-state index is 12.3. The molecule has 5 heteroatoms. The number of amides is 1. The third-order valence-electron chi connectivity index (χ3n) is 3.35. The normalized spacial score (nSPS) is 10.1. The zero-order valence-corrected chi connectivity index (χ0v) is 12.9. The summed E-state index contributed by atoms with van der Waals surface area (Å²) in [6.07, 6.45) is 0.781. The molecular formula is C18H19NO4. The fourth-order valence-electron chi connectivity index (χ4n) is 2.10. The SMILES string of the molecule is CCc1ccccc1NC(=O)c1ccc(OCCC(=O)O)cc1. The summed E-state index contributed by atoms with van der Waals surface area (Å²) in [5.74, 6) is -0.560. The number of anilines is 1. The van der Waals surface area contributed by atoms with Gasteiger partial charge in [0.1, 0.15) is 5.75 Å². The second-order valence-corrected chi connectivity index (χ2v) is 4.98. The molecule has 0 spiro atoms. The second kappa shape index (κ2) is 7.98. The standard InChI is InChI=1S/C18H19NO4/c1-2-13-5-3-4-6-16(13)19-18(22)14-7-9-15(10-8-14)23-12-11-17(20)21/h3-10H,2,11-12H2,1H3,(H,19,22)(H,20,21). The molecule has 0 aromatic heterocycles. The van der Waals surface area contributed by atoms with Crippen molar-refractivity contribution in [3.8, 4) is 5.75 Å². The molecule has 0 unspecified atom stereocenters. The van der Waals surface area contributed by atoms with Crippen LogP contribution in [0.15, 0.2) is 48.5 Å². The molecule has 0 saturated heterocycles. The van der Waals surface area contributed by atoms with E-state index in [9.17, 15) is 9.59 Å². The third kappa shape index (κ3) is 4.85. The Morgan fingerprint density at radius 3 is 2.43 bits per heavy atom. The summed E-state index contributed by atoms with van der Waals surface area (Å²) in [5, 5.41) is 11.5. The van der Waals surface area contributed by atoms with Gasteiger partial charge in [-0.3, -0.25) is 9.59 Å². The first-order valence-electron chi connectivity index (χ1n) is 7.44. The number of hydrogen-bond acceptors (Lipinski definition) is 3. The Morgan fingerprint density at radius 1 is 1.09 bits per heavy atom. The van der Waals surface area contributed by atoms with Gasteiger partial charge in [0.25, 0.3) is 5.91 Å². The van der Waals surface area contributed by atoms with E-state index in [4.69, 9.17) is 9.84 Å². The number of benzene rings is 2. The van der Waals surface area contributed by atoms with Gasteiger partial charge < -0.3 is 15.2 Å². The molecule has 5 nitrogen and oxygen atoms in total. The fraction of sp³-hybridized carbons (Fsp3) is 0.222. The Bertz CT molecular complexity index is 680. The molecule has 0 bridgehead atoms. The van der Waals surface area contributed by atoms with Crippen LogP contribution in [-0.2, 0) is 11.2 Å². The van der Waals surface area contributed by atoms with Crippen LogP contribution in [0.2, 0.25) is 0 Å². The summed E-state index contributed by atoms with van der Waals surface area (Å²) >= 11 is 0. The Kier molecular flexibility index (Phi) is 5.74. The van der Waals surface area contributed by atoms with Crippen molar-refractivity contribution in [3.05, 3.63) is 59.7 Å². The smallest absolute Gasteiger partial charge is 0.306 e. The van der Waals surface area contributed by atoms with Crippen LogP contribution >= 0.6 is 0 Å². The summed E-state index contributed by atoms with van der Waals surface area (Å²) in [6.45, 7) is 2.14. The van der Waals surface area contributed by atoms with Gasteiger partial charge in [0, 0.05) is 11.3 Å². The average molecular weight is 313 g/mol. The van der Waals surface area contributed by atoms with Gasteiger partial charge in [0.05, 0.1) is 13.0 Å². The number of carboxylic acid groups (broad SMARTS) is 1. The summed E-state index contributed by atoms with van der Waals surface area (Å²) in [7, 11) is 0. The number of rotatable bonds is 7. The predicted octanol–water partition coefficient (Wildman–Crippen LogP) is 3.35. The lowest BCUT2D eigenvalue weighted by atomic mass is 10.1. The number of aryl methyl sites for hydroxylation is 1. The summed E-state index contributed by atoms with van der Waals surface area (Å²) in [5.41, 5.74) is 2.40. The van der Waals surface area contributed by atoms with E-state index in [0.717, 1.165) is 17.7 Å². The molecule has 2 aromatic carbocycles. The lowest BCUT2D eigenvalue weighted by molar-refractivity contribution is -0.137. The minimum atomic E-state index is -0.907. The highest BCUT2D eigenvalue weighted by atomic mass is 16.5. The summed E-state index contributed by atoms with van der Waals surface area (Å²) < 4.78 is 5.29. The number of aliphatic carboxylic acids is 1. The lowest BCUT2D eigenvalue weighted by Gasteiger charge is -2.10. The highest BCUT2D eigenvalue weighted by Gasteiger charge is 2.08. The molecule has 2 aromatic rings. The second-order valence-electron chi connectivity index (χ2n) is 4.98. The average Bonchev–Trinajstić information content (AvgIpc) is 2.55. The van der Waals surface area contributed by atoms with Crippen molar-refractivity contribution < 1.29 is 19.4 Å². The first kappa shape index (κ1) is 16.5. The molecule has 0 atom stereocenters. The van der Waals surface area contributed by atoms with Gasteiger partial charge in [0.15, 0.2) is 0 Å². The third-order valence-corrected chi connectivity index (χ3v) is 3.35. The van der Waals surface area contributed by atoms with Gasteiger partial charge >= 0.3 is 5.97 Å². The van der Waals surface area contributed by atoms with E-state index in [1.807, 2.05) is 31.2 Å². The van der Waals surface area contributed by atoms with Crippen LogP contribution in [0.1, 0.15) is 29.3 Å². The Balaban J connectivity index is 1.98. The van der Waals surface area contributed by atoms with E-state index in [-0.39, 0.29) is 18.9 Å². The van der Waals surface area contributed by atoms with Gasteiger partial charge in [-0.15, -0.1) is 0 Å². The molecule has 0 aliphatic rings. The van der Waals surface area contributed by atoms with Crippen molar-refractivity contribution in [3.63, 3.8) is 0 Å². The van der Waals surface area contributed by atoms with Gasteiger partial charge in [-0.1, -0.05) is 25.1 Å². The highest BCUT2D eigenvalue weighted by Crippen LogP contribution is 2.18. The molecular weight excluding hydrogens is 294 g/mol. The number of carbonyl (C=O) groups excluding carboxylic acids is 1. The molecule has 0 aliphatic carbocycles. The van der Waals surface area contributed by atoms with Gasteiger partial charge in [0.2, 0.25) is 0 Å². The van der Waals surface area contributed by atoms with Gasteiger partial charge in [-0.25, -0.2) is 0 Å². The molecule has 0 fully saturated rings. The summed E-state index contributed by atoms with van der Waals surface area (Å²) in [6, 6.07) is 14.3. The van der Waals surface area contributed by atoms with Crippen molar-refractivity contribution in [1.82, 2.24) is 0 Å². The van der Waals surface area contributed by atoms with Crippen LogP contribution in [0.4, 0.5) is 5.69 Å². The van der Waals surface area contributed by atoms with Crippen LogP contribution in [0, 0.1) is 0 Å². The largest absolute Gasteiger partial charge is 0.493 e. The van der Waals surface area contributed by atoms with E-state index >= 15 is 0 Å². The topological polar surface area (TPSA) is 75.6 Å². The van der Waals surface area contributed by atoms with E-state index in [1.54, 1.807) is 24.3 Å². The minimum absolute atomic E-state index is 0.0595.